The monoisotopic (exact) mass is 259 g/mol. The maximum Gasteiger partial charge on any atom is 0.262 e. The van der Waals surface area contributed by atoms with Gasteiger partial charge < -0.3 is 15.8 Å². The summed E-state index contributed by atoms with van der Waals surface area (Å²) < 4.78 is 0. The molecule has 1 unspecified atom stereocenters. The minimum absolute atomic E-state index is 0.132. The molecule has 0 aliphatic rings. The lowest BCUT2D eigenvalue weighted by atomic mass is 10.1. The lowest BCUT2D eigenvalue weighted by Gasteiger charge is -2.08. The van der Waals surface area contributed by atoms with E-state index in [1.54, 1.807) is 6.07 Å². The number of aromatic amines is 1. The number of aromatic nitrogens is 2. The van der Waals surface area contributed by atoms with Gasteiger partial charge in [0.15, 0.2) is 0 Å². The van der Waals surface area contributed by atoms with Crippen molar-refractivity contribution in [1.82, 2.24) is 9.97 Å². The molecule has 0 aliphatic heterocycles. The number of nitrogens with two attached hydrogens (primary N) is 1. The summed E-state index contributed by atoms with van der Waals surface area (Å²) in [4.78, 5) is 18.7. The molecule has 1 aromatic carbocycles. The highest BCUT2D eigenvalue weighted by Gasteiger charge is 2.13. The third kappa shape index (κ3) is 3.00. The van der Waals surface area contributed by atoms with Crippen molar-refractivity contribution in [3.8, 4) is 17.0 Å². The molecule has 4 N–H and O–H groups in total. The number of aryl methyl sites for hydroxylation is 1. The molecule has 0 amide bonds. The quantitative estimate of drug-likeness (QED) is 0.775. The topological polar surface area (TPSA) is 92.0 Å². The van der Waals surface area contributed by atoms with E-state index in [4.69, 9.17) is 5.73 Å². The second kappa shape index (κ2) is 5.24. The van der Waals surface area contributed by atoms with Crippen molar-refractivity contribution < 1.29 is 5.11 Å². The van der Waals surface area contributed by atoms with Crippen molar-refractivity contribution in [1.29, 1.82) is 0 Å². The third-order valence-corrected chi connectivity index (χ3v) is 2.77. The fourth-order valence-electron chi connectivity index (χ4n) is 1.97. The van der Waals surface area contributed by atoms with E-state index in [9.17, 15) is 9.90 Å². The Kier molecular flexibility index (Phi) is 3.66. The zero-order chi connectivity index (χ0) is 14.0. The highest BCUT2D eigenvalue weighted by Crippen LogP contribution is 2.23. The van der Waals surface area contributed by atoms with Crippen LogP contribution in [0.25, 0.3) is 11.1 Å². The molecule has 0 aliphatic carbocycles. The highest BCUT2D eigenvalue weighted by molar-refractivity contribution is 5.67. The molecule has 5 heteroatoms. The van der Waals surface area contributed by atoms with Gasteiger partial charge in [0.25, 0.3) is 5.56 Å². The number of nitrogens with one attached hydrogen (secondary N) is 1. The minimum Gasteiger partial charge on any atom is -0.493 e. The van der Waals surface area contributed by atoms with Crippen LogP contribution in [-0.4, -0.2) is 21.1 Å². The molecule has 1 aromatic heterocycles. The Bertz CT molecular complexity index is 647. The number of nitrogens with zero attached hydrogens (tertiary/aromatic N) is 1. The van der Waals surface area contributed by atoms with Gasteiger partial charge in [-0.25, -0.2) is 0 Å². The maximum absolute atomic E-state index is 12.1. The SMILES string of the molecule is Cc1cccc(-c2c(O)nc(CC(C)N)[nH]c2=O)c1. The molecule has 0 spiro atoms. The van der Waals surface area contributed by atoms with Crippen molar-refractivity contribution in [2.75, 3.05) is 0 Å². The first-order valence-electron chi connectivity index (χ1n) is 6.12. The first kappa shape index (κ1) is 13.3. The van der Waals surface area contributed by atoms with Crippen molar-refractivity contribution >= 4 is 0 Å². The van der Waals surface area contributed by atoms with E-state index in [-0.39, 0.29) is 23.0 Å². The summed E-state index contributed by atoms with van der Waals surface area (Å²) in [5, 5.41) is 9.96. The number of hydrogen-bond donors (Lipinski definition) is 3. The Labute approximate surface area is 111 Å². The summed E-state index contributed by atoms with van der Waals surface area (Å²) in [7, 11) is 0. The van der Waals surface area contributed by atoms with E-state index < -0.39 is 0 Å². The van der Waals surface area contributed by atoms with Gasteiger partial charge in [-0.1, -0.05) is 29.8 Å². The van der Waals surface area contributed by atoms with Gasteiger partial charge in [0.1, 0.15) is 11.4 Å². The molecular formula is C14H17N3O2. The molecule has 0 saturated heterocycles. The predicted molar refractivity (Wildman–Crippen MR) is 74.0 cm³/mol. The predicted octanol–water partition coefficient (Wildman–Crippen LogP) is 1.34. The third-order valence-electron chi connectivity index (χ3n) is 2.77. The van der Waals surface area contributed by atoms with Crippen molar-refractivity contribution in [3.63, 3.8) is 0 Å². The van der Waals surface area contributed by atoms with Crippen LogP contribution in [0.5, 0.6) is 5.88 Å². The van der Waals surface area contributed by atoms with Gasteiger partial charge in [-0.2, -0.15) is 4.98 Å². The molecule has 5 nitrogen and oxygen atoms in total. The van der Waals surface area contributed by atoms with E-state index in [2.05, 4.69) is 9.97 Å². The number of H-pyrrole nitrogens is 1. The van der Waals surface area contributed by atoms with Crippen molar-refractivity contribution in [2.45, 2.75) is 26.3 Å². The average Bonchev–Trinajstić information content (AvgIpc) is 2.26. The molecule has 0 bridgehead atoms. The molecule has 2 rings (SSSR count). The lowest BCUT2D eigenvalue weighted by Crippen LogP contribution is -2.22. The van der Waals surface area contributed by atoms with Gasteiger partial charge in [0, 0.05) is 12.5 Å². The van der Waals surface area contributed by atoms with Crippen LogP contribution in [0, 0.1) is 6.92 Å². The molecule has 0 saturated carbocycles. The second-order valence-corrected chi connectivity index (χ2v) is 4.76. The molecule has 1 heterocycles. The average molecular weight is 259 g/mol. The highest BCUT2D eigenvalue weighted by atomic mass is 16.3. The standard InChI is InChI=1S/C14H17N3O2/c1-8-4-3-5-10(6-8)12-13(18)16-11(7-9(2)15)17-14(12)19/h3-6,9H,7,15H2,1-2H3,(H2,16,17,18,19). The Morgan fingerprint density at radius 1 is 1.47 bits per heavy atom. The van der Waals surface area contributed by atoms with Crippen LogP contribution in [0.15, 0.2) is 29.1 Å². The summed E-state index contributed by atoms with van der Waals surface area (Å²) in [6.45, 7) is 3.73. The van der Waals surface area contributed by atoms with Crippen molar-refractivity contribution in [2.24, 2.45) is 5.73 Å². The molecule has 0 radical (unpaired) electrons. The van der Waals surface area contributed by atoms with Crippen LogP contribution in [0.2, 0.25) is 0 Å². The summed E-state index contributed by atoms with van der Waals surface area (Å²) in [6, 6.07) is 7.22. The number of hydrogen-bond acceptors (Lipinski definition) is 4. The smallest absolute Gasteiger partial charge is 0.262 e. The number of benzene rings is 1. The summed E-state index contributed by atoms with van der Waals surface area (Å²) in [5.74, 6) is 0.138. The molecule has 19 heavy (non-hydrogen) atoms. The van der Waals surface area contributed by atoms with Crippen LogP contribution in [0.4, 0.5) is 0 Å². The Balaban J connectivity index is 2.51. The van der Waals surface area contributed by atoms with E-state index in [0.29, 0.717) is 17.8 Å². The van der Waals surface area contributed by atoms with Gasteiger partial charge in [-0.3, -0.25) is 4.79 Å². The maximum atomic E-state index is 12.1. The molecule has 100 valence electrons. The Morgan fingerprint density at radius 2 is 2.21 bits per heavy atom. The Morgan fingerprint density at radius 3 is 2.79 bits per heavy atom. The lowest BCUT2D eigenvalue weighted by molar-refractivity contribution is 0.449. The number of aromatic hydroxyl groups is 1. The van der Waals surface area contributed by atoms with Gasteiger partial charge >= 0.3 is 0 Å². The number of rotatable bonds is 3. The van der Waals surface area contributed by atoms with Gasteiger partial charge in [-0.15, -0.1) is 0 Å². The molecule has 0 fully saturated rings. The zero-order valence-electron chi connectivity index (χ0n) is 11.0. The normalized spacial score (nSPS) is 12.4. The van der Waals surface area contributed by atoms with Crippen LogP contribution in [-0.2, 0) is 6.42 Å². The van der Waals surface area contributed by atoms with Gasteiger partial charge in [0.05, 0.1) is 0 Å². The first-order chi connectivity index (χ1) is 8.97. The fraction of sp³-hybridized carbons (Fsp3) is 0.286. The van der Waals surface area contributed by atoms with Crippen LogP contribution < -0.4 is 11.3 Å². The summed E-state index contributed by atoms with van der Waals surface area (Å²) in [5.41, 5.74) is 7.15. The first-order valence-corrected chi connectivity index (χ1v) is 6.12. The zero-order valence-corrected chi connectivity index (χ0v) is 11.0. The summed E-state index contributed by atoms with van der Waals surface area (Å²) in [6.07, 6.45) is 0.414. The van der Waals surface area contributed by atoms with Crippen LogP contribution in [0.3, 0.4) is 0 Å². The van der Waals surface area contributed by atoms with Crippen LogP contribution in [0.1, 0.15) is 18.3 Å². The van der Waals surface area contributed by atoms with E-state index in [1.165, 1.54) is 0 Å². The molecule has 1 atom stereocenters. The largest absolute Gasteiger partial charge is 0.493 e. The van der Waals surface area contributed by atoms with Crippen molar-refractivity contribution in [3.05, 3.63) is 46.0 Å². The second-order valence-electron chi connectivity index (χ2n) is 4.76. The van der Waals surface area contributed by atoms with Crippen LogP contribution >= 0.6 is 0 Å². The summed E-state index contributed by atoms with van der Waals surface area (Å²) >= 11 is 0. The molecule has 2 aromatic rings. The van der Waals surface area contributed by atoms with Gasteiger partial charge in [-0.05, 0) is 19.4 Å². The minimum atomic E-state index is -0.353. The van der Waals surface area contributed by atoms with Gasteiger partial charge in [0.2, 0.25) is 5.88 Å². The van der Waals surface area contributed by atoms with E-state index >= 15 is 0 Å². The van der Waals surface area contributed by atoms with E-state index in [1.807, 2.05) is 32.0 Å². The Hall–Kier alpha value is -2.14. The fourth-order valence-corrected chi connectivity index (χ4v) is 1.97. The van der Waals surface area contributed by atoms with E-state index in [0.717, 1.165) is 5.56 Å². The molecular weight excluding hydrogens is 242 g/mol.